The topological polar surface area (TPSA) is 75.6 Å². The Labute approximate surface area is 158 Å². The molecule has 0 unspecified atom stereocenters. The number of hydrogen-bond acceptors (Lipinski definition) is 6. The summed E-state index contributed by atoms with van der Waals surface area (Å²) < 4.78 is 4.74. The van der Waals surface area contributed by atoms with Gasteiger partial charge in [0.25, 0.3) is 0 Å². The lowest BCUT2D eigenvalue weighted by atomic mass is 9.89. The number of hydrogen-bond donors (Lipinski definition) is 0. The van der Waals surface area contributed by atoms with Gasteiger partial charge in [0.15, 0.2) is 5.69 Å². The van der Waals surface area contributed by atoms with Crippen molar-refractivity contribution in [1.29, 1.82) is 0 Å². The van der Waals surface area contributed by atoms with E-state index in [4.69, 9.17) is 4.74 Å². The zero-order valence-electron chi connectivity index (χ0n) is 15.4. The number of methoxy groups -OCH3 is 1. The van der Waals surface area contributed by atoms with Crippen LogP contribution in [-0.4, -0.2) is 53.5 Å². The maximum atomic E-state index is 12.2. The Balaban J connectivity index is 1.60. The van der Waals surface area contributed by atoms with Crippen LogP contribution in [0.15, 0.2) is 42.7 Å². The molecule has 0 saturated carbocycles. The molecule has 1 amide bonds. The van der Waals surface area contributed by atoms with Gasteiger partial charge in [0.05, 0.1) is 25.5 Å². The van der Waals surface area contributed by atoms with Crippen molar-refractivity contribution in [3.8, 4) is 0 Å². The summed E-state index contributed by atoms with van der Waals surface area (Å²) >= 11 is 0. The molecule has 4 rings (SSSR count). The van der Waals surface area contributed by atoms with Gasteiger partial charge in [-0.25, -0.2) is 9.78 Å². The van der Waals surface area contributed by atoms with Gasteiger partial charge in [-0.05, 0) is 5.56 Å². The second-order valence-corrected chi connectivity index (χ2v) is 7.11. The van der Waals surface area contributed by atoms with Crippen molar-refractivity contribution < 1.29 is 14.3 Å². The average Bonchev–Trinajstić information content (AvgIpc) is 3.26. The van der Waals surface area contributed by atoms with E-state index in [1.807, 2.05) is 23.1 Å². The van der Waals surface area contributed by atoms with Crippen LogP contribution in [0.4, 0.5) is 5.82 Å². The predicted molar refractivity (Wildman–Crippen MR) is 99.1 cm³/mol. The van der Waals surface area contributed by atoms with Gasteiger partial charge in [0.2, 0.25) is 5.91 Å². The van der Waals surface area contributed by atoms with Crippen LogP contribution in [-0.2, 0) is 9.53 Å². The van der Waals surface area contributed by atoms with Crippen molar-refractivity contribution in [3.05, 3.63) is 54.0 Å². The third-order valence-corrected chi connectivity index (χ3v) is 5.55. The van der Waals surface area contributed by atoms with E-state index in [0.29, 0.717) is 17.7 Å². The lowest BCUT2D eigenvalue weighted by Crippen LogP contribution is -2.34. The van der Waals surface area contributed by atoms with Gasteiger partial charge in [0, 0.05) is 38.4 Å². The molecule has 0 spiro atoms. The molecule has 2 saturated heterocycles. The highest BCUT2D eigenvalue weighted by Crippen LogP contribution is 2.45. The fraction of sp³-hybridized carbons (Fsp3) is 0.400. The second-order valence-electron chi connectivity index (χ2n) is 7.11. The minimum Gasteiger partial charge on any atom is -0.464 e. The standard InChI is InChI=1S/C20H22N4O3/c1-13(25)24-11-15-10-23(18-9-21-8-17(22-18)20(26)27-2)12-16(15)19(24)14-6-4-3-5-7-14/h3-9,15-16,19H,10-12H2,1-2H3/t15-,16-,19+/m1/s1. The molecule has 2 aromatic rings. The summed E-state index contributed by atoms with van der Waals surface area (Å²) in [7, 11) is 1.33. The molecule has 0 bridgehead atoms. The number of esters is 1. The maximum Gasteiger partial charge on any atom is 0.358 e. The summed E-state index contributed by atoms with van der Waals surface area (Å²) in [6.45, 7) is 3.94. The molecule has 0 N–H and O–H groups in total. The molecule has 2 fully saturated rings. The van der Waals surface area contributed by atoms with Crippen LogP contribution in [0.2, 0.25) is 0 Å². The van der Waals surface area contributed by atoms with Crippen LogP contribution in [0, 0.1) is 11.8 Å². The first kappa shape index (κ1) is 17.5. The normalized spacial score (nSPS) is 24.0. The highest BCUT2D eigenvalue weighted by Gasteiger charge is 2.48. The summed E-state index contributed by atoms with van der Waals surface area (Å²) in [5.74, 6) is 0.974. The molecule has 140 valence electrons. The smallest absolute Gasteiger partial charge is 0.358 e. The zero-order valence-corrected chi connectivity index (χ0v) is 15.4. The molecule has 7 nitrogen and oxygen atoms in total. The number of fused-ring (bicyclic) bond motifs is 1. The van der Waals surface area contributed by atoms with E-state index in [-0.39, 0.29) is 17.6 Å². The van der Waals surface area contributed by atoms with Crippen molar-refractivity contribution in [3.63, 3.8) is 0 Å². The minimum absolute atomic E-state index is 0.0652. The first-order valence-corrected chi connectivity index (χ1v) is 9.06. The first-order chi connectivity index (χ1) is 13.1. The summed E-state index contributed by atoms with van der Waals surface area (Å²) in [5, 5.41) is 0. The van der Waals surface area contributed by atoms with Gasteiger partial charge < -0.3 is 14.5 Å². The average molecular weight is 366 g/mol. The van der Waals surface area contributed by atoms with Crippen LogP contribution in [0.5, 0.6) is 0 Å². The van der Waals surface area contributed by atoms with Crippen molar-refractivity contribution in [2.24, 2.45) is 11.8 Å². The van der Waals surface area contributed by atoms with E-state index in [1.165, 1.54) is 13.3 Å². The highest BCUT2D eigenvalue weighted by atomic mass is 16.5. The van der Waals surface area contributed by atoms with Gasteiger partial charge in [0.1, 0.15) is 5.82 Å². The van der Waals surface area contributed by atoms with Crippen molar-refractivity contribution >= 4 is 17.7 Å². The van der Waals surface area contributed by atoms with E-state index in [0.717, 1.165) is 25.2 Å². The first-order valence-electron chi connectivity index (χ1n) is 9.06. The van der Waals surface area contributed by atoms with Crippen molar-refractivity contribution in [2.75, 3.05) is 31.6 Å². The Morgan fingerprint density at radius 2 is 1.89 bits per heavy atom. The summed E-state index contributed by atoms with van der Waals surface area (Å²) in [6, 6.07) is 10.3. The molecule has 0 aliphatic carbocycles. The van der Waals surface area contributed by atoms with Crippen LogP contribution in [0.25, 0.3) is 0 Å². The van der Waals surface area contributed by atoms with Gasteiger partial charge in [-0.15, -0.1) is 0 Å². The molecule has 1 aromatic carbocycles. The number of likely N-dealkylation sites (tertiary alicyclic amines) is 1. The molecule has 3 atom stereocenters. The van der Waals surface area contributed by atoms with Gasteiger partial charge in [-0.1, -0.05) is 30.3 Å². The Kier molecular flexibility index (Phi) is 4.51. The molecular weight excluding hydrogens is 344 g/mol. The summed E-state index contributed by atoms with van der Waals surface area (Å²) in [6.07, 6.45) is 3.09. The summed E-state index contributed by atoms with van der Waals surface area (Å²) in [4.78, 5) is 36.6. The number of ether oxygens (including phenoxy) is 1. The third kappa shape index (κ3) is 3.13. The van der Waals surface area contributed by atoms with Crippen molar-refractivity contribution in [2.45, 2.75) is 13.0 Å². The maximum absolute atomic E-state index is 12.2. The number of benzene rings is 1. The number of aromatic nitrogens is 2. The van der Waals surface area contributed by atoms with E-state index in [1.54, 1.807) is 13.1 Å². The lowest BCUT2D eigenvalue weighted by molar-refractivity contribution is -0.130. The molecule has 7 heteroatoms. The van der Waals surface area contributed by atoms with E-state index < -0.39 is 5.97 Å². The molecule has 3 heterocycles. The van der Waals surface area contributed by atoms with Crippen LogP contribution >= 0.6 is 0 Å². The summed E-state index contributed by atoms with van der Waals surface area (Å²) in [5.41, 5.74) is 1.37. The molecule has 2 aliphatic rings. The van der Waals surface area contributed by atoms with E-state index in [2.05, 4.69) is 27.0 Å². The van der Waals surface area contributed by atoms with Gasteiger partial charge in [-0.2, -0.15) is 0 Å². The number of carbonyl (C=O) groups excluding carboxylic acids is 2. The molecule has 2 aliphatic heterocycles. The van der Waals surface area contributed by atoms with E-state index >= 15 is 0 Å². The van der Waals surface area contributed by atoms with Crippen LogP contribution < -0.4 is 4.90 Å². The van der Waals surface area contributed by atoms with Crippen LogP contribution in [0.3, 0.4) is 0 Å². The minimum atomic E-state index is -0.492. The molecule has 27 heavy (non-hydrogen) atoms. The molecule has 0 radical (unpaired) electrons. The molecule has 1 aromatic heterocycles. The fourth-order valence-electron chi connectivity index (χ4n) is 4.34. The van der Waals surface area contributed by atoms with Gasteiger partial charge in [-0.3, -0.25) is 9.78 Å². The SMILES string of the molecule is COC(=O)c1cncc(N2C[C@@H]3CN(C(C)=O)[C@@H](c4ccccc4)[C@@H]3C2)n1. The highest BCUT2D eigenvalue weighted by molar-refractivity contribution is 5.87. The lowest BCUT2D eigenvalue weighted by Gasteiger charge is -2.29. The number of carbonyl (C=O) groups is 2. The van der Waals surface area contributed by atoms with Crippen molar-refractivity contribution in [1.82, 2.24) is 14.9 Å². The Hall–Kier alpha value is -2.96. The van der Waals surface area contributed by atoms with Gasteiger partial charge >= 0.3 is 5.97 Å². The Morgan fingerprint density at radius 3 is 2.59 bits per heavy atom. The number of rotatable bonds is 3. The zero-order chi connectivity index (χ0) is 19.0. The van der Waals surface area contributed by atoms with Crippen LogP contribution in [0.1, 0.15) is 29.0 Å². The second kappa shape index (κ2) is 6.98. The Morgan fingerprint density at radius 1 is 1.11 bits per heavy atom. The number of amides is 1. The predicted octanol–water partition coefficient (Wildman–Crippen LogP) is 1.92. The monoisotopic (exact) mass is 366 g/mol. The third-order valence-electron chi connectivity index (χ3n) is 5.55. The largest absolute Gasteiger partial charge is 0.464 e. The quantitative estimate of drug-likeness (QED) is 0.773. The Bertz CT molecular complexity index is 857. The number of nitrogens with zero attached hydrogens (tertiary/aromatic N) is 4. The number of anilines is 1. The molecular formula is C20H22N4O3. The van der Waals surface area contributed by atoms with E-state index in [9.17, 15) is 9.59 Å². The fourth-order valence-corrected chi connectivity index (χ4v) is 4.34.